The summed E-state index contributed by atoms with van der Waals surface area (Å²) in [5.41, 5.74) is -0.970. The van der Waals surface area contributed by atoms with Gasteiger partial charge in [0.15, 0.2) is 11.5 Å². The van der Waals surface area contributed by atoms with Crippen LogP contribution >= 0.6 is 11.8 Å². The fraction of sp³-hybridized carbons (Fsp3) is 0.429. The van der Waals surface area contributed by atoms with Crippen LogP contribution in [0.25, 0.3) is 0 Å². The summed E-state index contributed by atoms with van der Waals surface area (Å²) in [7, 11) is -4.02. The zero-order valence-electron chi connectivity index (χ0n) is 19.3. The first-order chi connectivity index (χ1) is 16.2. The van der Waals surface area contributed by atoms with Crippen LogP contribution in [0, 0.1) is 0 Å². The van der Waals surface area contributed by atoms with Gasteiger partial charge in [-0.1, -0.05) is 30.3 Å². The van der Waals surface area contributed by atoms with Crippen molar-refractivity contribution in [2.24, 2.45) is 0 Å². The lowest BCUT2D eigenvalue weighted by Gasteiger charge is -2.49. The molecule has 3 atom stereocenters. The van der Waals surface area contributed by atoms with Gasteiger partial charge in [-0.05, 0) is 26.3 Å². The number of benzene rings is 1. The van der Waals surface area contributed by atoms with E-state index in [2.05, 4.69) is 10.6 Å². The van der Waals surface area contributed by atoms with E-state index in [1.807, 2.05) is 0 Å². The molecule has 0 bridgehead atoms. The van der Waals surface area contributed by atoms with Gasteiger partial charge in [0.05, 0.1) is 12.0 Å². The largest absolute Gasteiger partial charge is 0.476 e. The Morgan fingerprint density at radius 2 is 1.83 bits per heavy atom. The molecular formula is C21H25N3O9S2. The van der Waals surface area contributed by atoms with Crippen LogP contribution in [0.4, 0.5) is 4.79 Å². The standard InChI is InChI=1S/C21H25N3O9S2/c1-21(2,3)32-20(29)23-13(11-8-6-5-7-9-11)16(25)22-14-17(26)24-15(19(27)28)12(10-34-18(14)24)33-35(4,30)31/h5-9,13-14,18H,10H2,1-4H3,(H,22,25)(H,23,29)(H,27,28)/t13?,14?,18-/m0/s1. The Kier molecular flexibility index (Phi) is 7.36. The highest BCUT2D eigenvalue weighted by Gasteiger charge is 2.55. The molecule has 1 fully saturated rings. The fourth-order valence-electron chi connectivity index (χ4n) is 3.45. The number of ether oxygens (including phenoxy) is 1. The van der Waals surface area contributed by atoms with Gasteiger partial charge in [-0.3, -0.25) is 14.5 Å². The van der Waals surface area contributed by atoms with Gasteiger partial charge in [-0.15, -0.1) is 11.8 Å². The third-order valence-electron chi connectivity index (χ3n) is 4.74. The fourth-order valence-corrected chi connectivity index (χ4v) is 5.28. The molecule has 3 N–H and O–H groups in total. The second kappa shape index (κ2) is 9.77. The van der Waals surface area contributed by atoms with E-state index >= 15 is 0 Å². The van der Waals surface area contributed by atoms with Crippen molar-refractivity contribution in [3.63, 3.8) is 0 Å². The van der Waals surface area contributed by atoms with Gasteiger partial charge in [-0.2, -0.15) is 8.42 Å². The van der Waals surface area contributed by atoms with E-state index in [1.165, 1.54) is 0 Å². The Morgan fingerprint density at radius 3 is 2.37 bits per heavy atom. The third kappa shape index (κ3) is 6.25. The van der Waals surface area contributed by atoms with Crippen LogP contribution in [0.1, 0.15) is 32.4 Å². The number of β-lactam (4-membered cyclic amide) rings is 1. The summed E-state index contributed by atoms with van der Waals surface area (Å²) < 4.78 is 33.0. The molecule has 0 spiro atoms. The molecule has 190 valence electrons. The number of carboxylic acid groups (broad SMARTS) is 1. The van der Waals surface area contributed by atoms with Gasteiger partial charge in [0.2, 0.25) is 5.91 Å². The molecular weight excluding hydrogens is 502 g/mol. The van der Waals surface area contributed by atoms with Gasteiger partial charge in [-0.25, -0.2) is 9.59 Å². The smallest absolute Gasteiger partial charge is 0.408 e. The van der Waals surface area contributed by atoms with Gasteiger partial charge in [0.1, 0.15) is 23.1 Å². The van der Waals surface area contributed by atoms with Crippen LogP contribution in [0.3, 0.4) is 0 Å². The SMILES string of the molecule is CC(C)(C)OC(=O)NC(C(=O)NC1C(=O)N2C(C(=O)O)=C(OS(C)(=O)=O)CS[C@@H]12)c1ccccc1. The highest BCUT2D eigenvalue weighted by molar-refractivity contribution is 8.00. The first kappa shape index (κ1) is 26.3. The number of nitrogens with zero attached hydrogens (tertiary/aromatic N) is 1. The lowest BCUT2D eigenvalue weighted by atomic mass is 10.0. The van der Waals surface area contributed by atoms with Crippen molar-refractivity contribution in [2.45, 2.75) is 43.8 Å². The molecule has 3 rings (SSSR count). The lowest BCUT2D eigenvalue weighted by Crippen LogP contribution is -2.71. The normalized spacial score (nSPS) is 20.8. The zero-order chi connectivity index (χ0) is 26.1. The molecule has 0 aliphatic carbocycles. The molecule has 14 heteroatoms. The summed E-state index contributed by atoms with van der Waals surface area (Å²) in [4.78, 5) is 50.9. The summed E-state index contributed by atoms with van der Waals surface area (Å²) >= 11 is 1.03. The maximum absolute atomic E-state index is 13.1. The number of carbonyl (C=O) groups excluding carboxylic acids is 3. The number of hydrogen-bond donors (Lipinski definition) is 3. The van der Waals surface area contributed by atoms with Crippen molar-refractivity contribution in [2.75, 3.05) is 12.0 Å². The molecule has 0 radical (unpaired) electrons. The number of aliphatic carboxylic acids is 1. The highest BCUT2D eigenvalue weighted by atomic mass is 32.2. The van der Waals surface area contributed by atoms with Crippen molar-refractivity contribution in [1.29, 1.82) is 0 Å². The molecule has 2 heterocycles. The topological polar surface area (TPSA) is 168 Å². The average molecular weight is 528 g/mol. The molecule has 1 aromatic rings. The maximum Gasteiger partial charge on any atom is 0.408 e. The van der Waals surface area contributed by atoms with Gasteiger partial charge in [0, 0.05) is 0 Å². The van der Waals surface area contributed by atoms with Crippen LogP contribution in [0.15, 0.2) is 41.8 Å². The molecule has 1 aromatic carbocycles. The molecule has 1 saturated heterocycles. The minimum absolute atomic E-state index is 0.145. The Labute approximate surface area is 206 Å². The summed E-state index contributed by atoms with van der Waals surface area (Å²) in [5.74, 6) is -3.53. The second-order valence-corrected chi connectivity index (χ2v) is 11.4. The van der Waals surface area contributed by atoms with Gasteiger partial charge < -0.3 is 24.7 Å². The van der Waals surface area contributed by atoms with Crippen molar-refractivity contribution in [3.05, 3.63) is 47.4 Å². The Morgan fingerprint density at radius 1 is 1.20 bits per heavy atom. The summed E-state index contributed by atoms with van der Waals surface area (Å²) in [6.45, 7) is 5.00. The number of fused-ring (bicyclic) bond motifs is 1. The molecule has 2 aliphatic rings. The quantitative estimate of drug-likeness (QED) is 0.342. The molecule has 0 aromatic heterocycles. The van der Waals surface area contributed by atoms with Crippen molar-refractivity contribution < 1.29 is 41.6 Å². The number of hydrogen-bond acceptors (Lipinski definition) is 9. The molecule has 3 amide bonds. The van der Waals surface area contributed by atoms with E-state index in [-0.39, 0.29) is 11.5 Å². The molecule has 0 saturated carbocycles. The van der Waals surface area contributed by atoms with E-state index < -0.39 is 62.8 Å². The average Bonchev–Trinajstić information content (AvgIpc) is 2.73. The summed E-state index contributed by atoms with van der Waals surface area (Å²) in [6, 6.07) is 6.01. The van der Waals surface area contributed by atoms with Crippen LogP contribution in [-0.4, -0.2) is 71.3 Å². The van der Waals surface area contributed by atoms with Crippen LogP contribution in [0.5, 0.6) is 0 Å². The van der Waals surface area contributed by atoms with E-state index in [4.69, 9.17) is 8.92 Å². The number of nitrogens with one attached hydrogen (secondary N) is 2. The summed E-state index contributed by atoms with van der Waals surface area (Å²) in [6.07, 6.45) is -0.0766. The van der Waals surface area contributed by atoms with Crippen molar-refractivity contribution >= 4 is 45.8 Å². The molecule has 35 heavy (non-hydrogen) atoms. The highest BCUT2D eigenvalue weighted by Crippen LogP contribution is 2.41. The first-order valence-corrected chi connectivity index (χ1v) is 13.2. The minimum atomic E-state index is -4.02. The van der Waals surface area contributed by atoms with Crippen molar-refractivity contribution in [1.82, 2.24) is 15.5 Å². The first-order valence-electron chi connectivity index (χ1n) is 10.3. The Bertz CT molecular complexity index is 1180. The number of carbonyl (C=O) groups is 4. The Hall–Kier alpha value is -3.26. The number of carboxylic acids is 1. The number of alkyl carbamates (subject to hydrolysis) is 1. The second-order valence-electron chi connectivity index (χ2n) is 8.75. The van der Waals surface area contributed by atoms with Crippen LogP contribution < -0.4 is 10.6 Å². The molecule has 2 unspecified atom stereocenters. The van der Waals surface area contributed by atoms with Gasteiger partial charge in [0.25, 0.3) is 5.91 Å². The monoisotopic (exact) mass is 527 g/mol. The predicted molar refractivity (Wildman–Crippen MR) is 124 cm³/mol. The van der Waals surface area contributed by atoms with Crippen molar-refractivity contribution in [3.8, 4) is 0 Å². The third-order valence-corrected chi connectivity index (χ3v) is 6.50. The van der Waals surface area contributed by atoms with Gasteiger partial charge >= 0.3 is 22.2 Å². The number of amides is 3. The zero-order valence-corrected chi connectivity index (χ0v) is 20.9. The molecule has 12 nitrogen and oxygen atoms in total. The lowest BCUT2D eigenvalue weighted by molar-refractivity contribution is -0.151. The molecule has 2 aliphatic heterocycles. The maximum atomic E-state index is 13.1. The summed E-state index contributed by atoms with van der Waals surface area (Å²) in [5, 5.41) is 13.8. The number of thioether (sulfide) groups is 1. The number of rotatable bonds is 7. The van der Waals surface area contributed by atoms with E-state index in [1.54, 1.807) is 51.1 Å². The Balaban J connectivity index is 1.80. The minimum Gasteiger partial charge on any atom is -0.476 e. The van der Waals surface area contributed by atoms with E-state index in [9.17, 15) is 32.7 Å². The van der Waals surface area contributed by atoms with Crippen LogP contribution in [0.2, 0.25) is 0 Å². The van der Waals surface area contributed by atoms with E-state index in [0.29, 0.717) is 5.56 Å². The van der Waals surface area contributed by atoms with E-state index in [0.717, 1.165) is 22.9 Å². The predicted octanol–water partition coefficient (Wildman–Crippen LogP) is 0.925. The van der Waals surface area contributed by atoms with Crippen LogP contribution in [-0.2, 0) is 33.4 Å².